The summed E-state index contributed by atoms with van der Waals surface area (Å²) < 4.78 is 5.13. The highest BCUT2D eigenvalue weighted by molar-refractivity contribution is 5.69. The van der Waals surface area contributed by atoms with Gasteiger partial charge in [0, 0.05) is 6.42 Å². The fourth-order valence-electron chi connectivity index (χ4n) is 2.81. The smallest absolute Gasteiger partial charge is 0.306 e. The Morgan fingerprint density at radius 2 is 1.36 bits per heavy atom. The Hall–Kier alpha value is -0.650. The summed E-state index contributed by atoms with van der Waals surface area (Å²) in [5.74, 6) is -0.234. The summed E-state index contributed by atoms with van der Waals surface area (Å²) in [6.07, 6.45) is 9.94. The first-order chi connectivity index (χ1) is 12.0. The molecule has 0 bridgehead atoms. The summed E-state index contributed by atoms with van der Waals surface area (Å²) in [6.45, 7) is 3.92. The van der Waals surface area contributed by atoms with Crippen molar-refractivity contribution in [2.24, 2.45) is 0 Å². The van der Waals surface area contributed by atoms with Crippen LogP contribution in [0.15, 0.2) is 0 Å². The molecule has 0 aliphatic heterocycles. The van der Waals surface area contributed by atoms with Crippen LogP contribution in [0.3, 0.4) is 0 Å². The molecule has 0 fully saturated rings. The van der Waals surface area contributed by atoms with E-state index in [2.05, 4.69) is 6.92 Å². The number of rotatable bonds is 17. The minimum atomic E-state index is -0.610. The highest BCUT2D eigenvalue weighted by Gasteiger charge is 2.15. The first-order valence-corrected chi connectivity index (χ1v) is 10.2. The van der Waals surface area contributed by atoms with Crippen molar-refractivity contribution >= 4 is 5.97 Å². The molecule has 25 heavy (non-hydrogen) atoms. The number of esters is 1. The number of unbranched alkanes of at least 4 members (excludes halogenated alkanes) is 7. The highest BCUT2D eigenvalue weighted by atomic mass is 16.5. The van der Waals surface area contributed by atoms with Crippen LogP contribution in [-0.4, -0.2) is 46.2 Å². The van der Waals surface area contributed by atoms with E-state index in [0.717, 1.165) is 44.9 Å². The van der Waals surface area contributed by atoms with E-state index in [1.807, 2.05) is 6.92 Å². The zero-order chi connectivity index (χ0) is 18.9. The van der Waals surface area contributed by atoms with Crippen molar-refractivity contribution in [1.29, 1.82) is 0 Å². The summed E-state index contributed by atoms with van der Waals surface area (Å²) in [5, 5.41) is 28.8. The molecule has 3 atom stereocenters. The molecule has 5 nitrogen and oxygen atoms in total. The molecule has 3 N–H and O–H groups in total. The summed E-state index contributed by atoms with van der Waals surface area (Å²) >= 11 is 0. The van der Waals surface area contributed by atoms with Crippen LogP contribution in [0.2, 0.25) is 0 Å². The predicted octanol–water partition coefficient (Wildman–Crippen LogP) is 3.72. The molecule has 0 rings (SSSR count). The average Bonchev–Trinajstić information content (AvgIpc) is 2.61. The summed E-state index contributed by atoms with van der Waals surface area (Å²) in [7, 11) is 0. The van der Waals surface area contributed by atoms with Gasteiger partial charge in [-0.05, 0) is 25.7 Å². The van der Waals surface area contributed by atoms with Gasteiger partial charge in [0.25, 0.3) is 0 Å². The van der Waals surface area contributed by atoms with E-state index in [1.54, 1.807) is 0 Å². The van der Waals surface area contributed by atoms with Crippen LogP contribution in [0.5, 0.6) is 0 Å². The van der Waals surface area contributed by atoms with Crippen LogP contribution in [0.4, 0.5) is 0 Å². The second-order valence-corrected chi connectivity index (χ2v) is 6.99. The molecule has 0 aromatic rings. The third-order valence-electron chi connectivity index (χ3n) is 4.64. The van der Waals surface area contributed by atoms with Gasteiger partial charge in [-0.3, -0.25) is 4.79 Å². The lowest BCUT2D eigenvalue weighted by Crippen LogP contribution is -2.25. The Kier molecular flexibility index (Phi) is 16.4. The van der Waals surface area contributed by atoms with Gasteiger partial charge < -0.3 is 20.1 Å². The number of ether oxygens (including phenoxy) is 1. The molecule has 150 valence electrons. The minimum Gasteiger partial charge on any atom is -0.460 e. The lowest BCUT2D eigenvalue weighted by atomic mass is 10.00. The molecule has 0 saturated carbocycles. The van der Waals surface area contributed by atoms with Crippen LogP contribution in [0.1, 0.15) is 97.3 Å². The first-order valence-electron chi connectivity index (χ1n) is 10.2. The lowest BCUT2D eigenvalue weighted by Gasteiger charge is -2.17. The van der Waals surface area contributed by atoms with E-state index in [0.29, 0.717) is 25.7 Å². The van der Waals surface area contributed by atoms with Crippen molar-refractivity contribution in [2.45, 2.75) is 116 Å². The van der Waals surface area contributed by atoms with Gasteiger partial charge in [-0.15, -0.1) is 0 Å². The fourth-order valence-corrected chi connectivity index (χ4v) is 2.81. The van der Waals surface area contributed by atoms with Gasteiger partial charge in [-0.25, -0.2) is 0 Å². The predicted molar refractivity (Wildman–Crippen MR) is 100 cm³/mol. The molecular weight excluding hydrogens is 320 g/mol. The zero-order valence-electron chi connectivity index (χ0n) is 16.3. The lowest BCUT2D eigenvalue weighted by molar-refractivity contribution is -0.151. The van der Waals surface area contributed by atoms with Gasteiger partial charge in [-0.2, -0.15) is 0 Å². The minimum absolute atomic E-state index is 0.116. The molecule has 0 radical (unpaired) electrons. The molecule has 3 unspecified atom stereocenters. The van der Waals surface area contributed by atoms with Gasteiger partial charge in [-0.1, -0.05) is 65.2 Å². The van der Waals surface area contributed by atoms with E-state index in [-0.39, 0.29) is 18.7 Å². The number of carbonyl (C=O) groups is 1. The van der Waals surface area contributed by atoms with Crippen LogP contribution in [0.25, 0.3) is 0 Å². The SMILES string of the molecule is CCCCCCC(O)C(O)CCCCCCCC(=O)OC(CC)CO. The van der Waals surface area contributed by atoms with E-state index < -0.39 is 12.2 Å². The Morgan fingerprint density at radius 3 is 1.88 bits per heavy atom. The van der Waals surface area contributed by atoms with E-state index in [1.165, 1.54) is 12.8 Å². The third-order valence-corrected chi connectivity index (χ3v) is 4.64. The van der Waals surface area contributed by atoms with Crippen molar-refractivity contribution in [2.75, 3.05) is 6.61 Å². The van der Waals surface area contributed by atoms with E-state index in [4.69, 9.17) is 9.84 Å². The Bertz CT molecular complexity index is 304. The number of hydrogen-bond donors (Lipinski definition) is 3. The standard InChI is InChI=1S/C20H40O5/c1-3-5-6-10-13-18(22)19(23)14-11-8-7-9-12-15-20(24)25-17(4-2)16-21/h17-19,21-23H,3-16H2,1-2H3. The maximum absolute atomic E-state index is 11.6. The van der Waals surface area contributed by atoms with Crippen molar-refractivity contribution in [3.8, 4) is 0 Å². The number of aliphatic hydroxyl groups is 3. The largest absolute Gasteiger partial charge is 0.460 e. The van der Waals surface area contributed by atoms with Crippen molar-refractivity contribution in [3.05, 3.63) is 0 Å². The maximum Gasteiger partial charge on any atom is 0.306 e. The molecule has 0 spiro atoms. The summed E-state index contributed by atoms with van der Waals surface area (Å²) in [6, 6.07) is 0. The van der Waals surface area contributed by atoms with Crippen LogP contribution in [0, 0.1) is 0 Å². The maximum atomic E-state index is 11.6. The third kappa shape index (κ3) is 14.2. The van der Waals surface area contributed by atoms with E-state index >= 15 is 0 Å². The van der Waals surface area contributed by atoms with Crippen molar-refractivity contribution in [3.63, 3.8) is 0 Å². The molecule has 5 heteroatoms. The molecule has 0 aromatic heterocycles. The van der Waals surface area contributed by atoms with Crippen LogP contribution in [-0.2, 0) is 9.53 Å². The average molecular weight is 361 g/mol. The fraction of sp³-hybridized carbons (Fsp3) is 0.950. The number of hydrogen-bond acceptors (Lipinski definition) is 5. The second-order valence-electron chi connectivity index (χ2n) is 6.99. The monoisotopic (exact) mass is 360 g/mol. The number of carbonyl (C=O) groups excluding carboxylic acids is 1. The highest BCUT2D eigenvalue weighted by Crippen LogP contribution is 2.14. The first kappa shape index (κ1) is 24.4. The summed E-state index contributed by atoms with van der Waals surface area (Å²) in [4.78, 5) is 11.6. The van der Waals surface area contributed by atoms with Crippen LogP contribution >= 0.6 is 0 Å². The second kappa shape index (κ2) is 16.8. The van der Waals surface area contributed by atoms with Crippen molar-refractivity contribution in [1.82, 2.24) is 0 Å². The molecule has 0 saturated heterocycles. The molecular formula is C20H40O5. The normalized spacial score (nSPS) is 14.9. The topological polar surface area (TPSA) is 87.0 Å². The van der Waals surface area contributed by atoms with Gasteiger partial charge in [0.1, 0.15) is 6.10 Å². The van der Waals surface area contributed by atoms with Gasteiger partial charge in [0.05, 0.1) is 18.8 Å². The quantitative estimate of drug-likeness (QED) is 0.272. The van der Waals surface area contributed by atoms with Gasteiger partial charge in [0.2, 0.25) is 0 Å². The molecule has 0 aliphatic carbocycles. The summed E-state index contributed by atoms with van der Waals surface area (Å²) in [5.41, 5.74) is 0. The van der Waals surface area contributed by atoms with Gasteiger partial charge in [0.15, 0.2) is 0 Å². The van der Waals surface area contributed by atoms with Gasteiger partial charge >= 0.3 is 5.97 Å². The zero-order valence-corrected chi connectivity index (χ0v) is 16.3. The Balaban J connectivity index is 3.51. The molecule has 0 heterocycles. The molecule has 0 aliphatic rings. The molecule has 0 amide bonds. The van der Waals surface area contributed by atoms with Crippen LogP contribution < -0.4 is 0 Å². The Morgan fingerprint density at radius 1 is 0.840 bits per heavy atom. The number of aliphatic hydroxyl groups excluding tert-OH is 3. The molecule has 0 aromatic carbocycles. The Labute approximate surface area is 153 Å². The van der Waals surface area contributed by atoms with Crippen molar-refractivity contribution < 1.29 is 24.9 Å². The van der Waals surface area contributed by atoms with E-state index in [9.17, 15) is 15.0 Å².